The largest absolute Gasteiger partial charge is 0.435 e. The van der Waals surface area contributed by atoms with E-state index in [0.29, 0.717) is 32.8 Å². The van der Waals surface area contributed by atoms with Gasteiger partial charge in [-0.25, -0.2) is 18.0 Å². The van der Waals surface area contributed by atoms with E-state index in [4.69, 9.17) is 16.6 Å². The molecule has 64 heavy (non-hydrogen) atoms. The number of carbonyl (C=O) groups excluding carboxylic acids is 1. The first-order valence-corrected chi connectivity index (χ1v) is 22.5. The van der Waals surface area contributed by atoms with Gasteiger partial charge in [0, 0.05) is 35.4 Å². The lowest BCUT2D eigenvalue weighted by atomic mass is 9.94. The molecular formula is C42H44ClF10N7O2S2. The molecule has 3 heterocycles. The summed E-state index contributed by atoms with van der Waals surface area (Å²) in [6.07, 6.45) is -6.54. The van der Waals surface area contributed by atoms with Crippen LogP contribution >= 0.6 is 23.4 Å². The number of carbonyl (C=O) groups is 1. The molecular weight excluding hydrogens is 924 g/mol. The summed E-state index contributed by atoms with van der Waals surface area (Å²) in [4.78, 5) is 15.1. The molecule has 0 bridgehead atoms. The number of halogens is 11. The maximum Gasteiger partial charge on any atom is 0.435 e. The number of likely N-dealkylation sites (N-methyl/N-ethyl adjacent to an activating group) is 1. The summed E-state index contributed by atoms with van der Waals surface area (Å²) in [5.41, 5.74) is -0.696. The van der Waals surface area contributed by atoms with Crippen molar-refractivity contribution in [3.63, 3.8) is 0 Å². The Bertz CT molecular complexity index is 2550. The molecule has 22 heteroatoms. The minimum Gasteiger partial charge on any atom is -0.311 e. The van der Waals surface area contributed by atoms with Crippen molar-refractivity contribution in [2.45, 2.75) is 95.5 Å². The normalized spacial score (nSPS) is 15.5. The molecule has 1 aliphatic carbocycles. The van der Waals surface area contributed by atoms with E-state index in [1.54, 1.807) is 37.0 Å². The second kappa shape index (κ2) is 20.7. The van der Waals surface area contributed by atoms with Crippen LogP contribution < -0.4 is 10.0 Å². The summed E-state index contributed by atoms with van der Waals surface area (Å²) in [5.74, 6) is 0.350. The summed E-state index contributed by atoms with van der Waals surface area (Å²) in [5, 5.41) is 10.6. The minimum atomic E-state index is -4.80. The Morgan fingerprint density at radius 2 is 1.64 bits per heavy atom. The van der Waals surface area contributed by atoms with Gasteiger partial charge in [0.15, 0.2) is 11.5 Å². The molecule has 0 aliphatic heterocycles. The molecule has 1 aliphatic rings. The third-order valence-corrected chi connectivity index (χ3v) is 11.5. The Morgan fingerprint density at radius 3 is 2.19 bits per heavy atom. The number of hydrogen-bond donors (Lipinski definition) is 2. The van der Waals surface area contributed by atoms with Gasteiger partial charge < -0.3 is 10.1 Å². The molecule has 348 valence electrons. The van der Waals surface area contributed by atoms with E-state index in [2.05, 4.69) is 32.1 Å². The average molecular weight is 968 g/mol. The summed E-state index contributed by atoms with van der Waals surface area (Å²) in [6, 6.07) is 8.95. The second-order valence-electron chi connectivity index (χ2n) is 14.7. The molecule has 0 amide bonds. The van der Waals surface area contributed by atoms with Gasteiger partial charge in [-0.05, 0) is 81.3 Å². The first-order chi connectivity index (χ1) is 29.8. The molecule has 0 radical (unpaired) electrons. The van der Waals surface area contributed by atoms with Crippen molar-refractivity contribution < 1.29 is 52.9 Å². The molecule has 6 rings (SSSR count). The fourth-order valence-corrected chi connectivity index (χ4v) is 7.73. The highest BCUT2D eigenvalue weighted by Crippen LogP contribution is 2.52. The molecule has 2 aromatic carbocycles. The quantitative estimate of drug-likeness (QED) is 0.0771. The van der Waals surface area contributed by atoms with Gasteiger partial charge in [0.25, 0.3) is 5.92 Å². The van der Waals surface area contributed by atoms with Crippen LogP contribution in [0, 0.1) is 23.5 Å². The molecule has 0 spiro atoms. The van der Waals surface area contributed by atoms with Crippen molar-refractivity contribution >= 4 is 57.4 Å². The van der Waals surface area contributed by atoms with Crippen molar-refractivity contribution in [1.82, 2.24) is 29.9 Å². The van der Waals surface area contributed by atoms with Crippen LogP contribution in [0.3, 0.4) is 0 Å². The van der Waals surface area contributed by atoms with Gasteiger partial charge >= 0.3 is 12.4 Å². The number of anilines is 1. The van der Waals surface area contributed by atoms with Crippen LogP contribution in [0.25, 0.3) is 22.0 Å². The number of aldehydes is 1. The molecule has 2 unspecified atom stereocenters. The standard InChI is InChI=1S/C30H29ClF5N5OS2.C10H9F5N2O.C2H6/c1-29(2,43-4)11-10-20-6-7-21(26(38-20)24(37-3)14-17-12-18(32)15-19(33)13-17)22-8-9-23(31)25-27(22)41(16-30(34,35)36)39-28(25)40-44(5)42;1-5-4-9(11,12)8-6(5)7(10(13,14)15)16-17(8)2-3-18;1-2/h6-9,12-13,15,24,37H,14,16H2,1-5H3,(H,39,40);3,5H,2,4H2,1H3;1-2H3/t;5-;/m.0./s1. The third-order valence-electron chi connectivity index (χ3n) is 9.58. The van der Waals surface area contributed by atoms with Crippen molar-refractivity contribution in [1.29, 1.82) is 0 Å². The van der Waals surface area contributed by atoms with Crippen molar-refractivity contribution in [3.8, 4) is 23.0 Å². The fourth-order valence-electron chi connectivity index (χ4n) is 6.92. The van der Waals surface area contributed by atoms with E-state index in [1.165, 1.54) is 31.4 Å². The summed E-state index contributed by atoms with van der Waals surface area (Å²) < 4.78 is 150. The van der Waals surface area contributed by atoms with Crippen LogP contribution in [0.15, 0.2) is 42.5 Å². The second-order valence-corrected chi connectivity index (χ2v) is 17.6. The van der Waals surface area contributed by atoms with Gasteiger partial charge in [0.1, 0.15) is 46.8 Å². The molecule has 3 atom stereocenters. The van der Waals surface area contributed by atoms with Gasteiger partial charge in [-0.3, -0.25) is 14.1 Å². The van der Waals surface area contributed by atoms with E-state index in [0.717, 1.165) is 10.7 Å². The zero-order chi connectivity index (χ0) is 48.1. The predicted molar refractivity (Wildman–Crippen MR) is 230 cm³/mol. The highest BCUT2D eigenvalue weighted by atomic mass is 35.5. The number of nitrogens with zero attached hydrogens (tertiary/aromatic N) is 5. The predicted octanol–water partition coefficient (Wildman–Crippen LogP) is 11.0. The Balaban J connectivity index is 0.000000372. The molecule has 0 saturated carbocycles. The lowest BCUT2D eigenvalue weighted by molar-refractivity contribution is -0.143. The van der Waals surface area contributed by atoms with Gasteiger partial charge in [-0.15, -0.1) is 11.8 Å². The fraction of sp³-hybridized carbons (Fsp3) is 0.429. The highest BCUT2D eigenvalue weighted by molar-refractivity contribution is 8.00. The number of benzene rings is 2. The number of aromatic nitrogens is 5. The number of rotatable bonds is 11. The first-order valence-electron chi connectivity index (χ1n) is 19.4. The van der Waals surface area contributed by atoms with Crippen molar-refractivity contribution in [2.24, 2.45) is 0 Å². The number of pyridine rings is 1. The summed E-state index contributed by atoms with van der Waals surface area (Å²) >= 11 is 8.04. The number of nitrogens with one attached hydrogen (secondary N) is 2. The van der Waals surface area contributed by atoms with Crippen LogP contribution in [-0.2, 0) is 47.4 Å². The highest BCUT2D eigenvalue weighted by Gasteiger charge is 2.53. The Hall–Kier alpha value is -4.65. The third kappa shape index (κ3) is 12.4. The summed E-state index contributed by atoms with van der Waals surface area (Å²) in [7, 11) is -0.0178. The SMILES string of the molecule is CC.CNC(Cc1cc(F)cc(F)c1)c1nc(C#CC(C)(C)SC)ccc1-c1ccc(Cl)c2c(NS(C)=O)nn(CC(F)(F)F)c12.C[C@H]1CC(F)(F)c2c1c(C(F)(F)F)nn2CC=O. The van der Waals surface area contributed by atoms with E-state index in [1.807, 2.05) is 34.0 Å². The average Bonchev–Trinajstić information content (AvgIpc) is 3.83. The van der Waals surface area contributed by atoms with E-state index in [9.17, 15) is 52.9 Å². The van der Waals surface area contributed by atoms with Crippen LogP contribution in [-0.4, -0.2) is 65.5 Å². The van der Waals surface area contributed by atoms with Crippen molar-refractivity contribution in [2.75, 3.05) is 24.3 Å². The molecule has 3 aromatic heterocycles. The van der Waals surface area contributed by atoms with E-state index < -0.39 is 89.3 Å². The smallest absolute Gasteiger partial charge is 0.311 e. The molecule has 0 fully saturated rings. The first kappa shape index (κ1) is 52.0. The number of fused-ring (bicyclic) bond motifs is 2. The maximum absolute atomic E-state index is 14.1. The topological polar surface area (TPSA) is 107 Å². The summed E-state index contributed by atoms with van der Waals surface area (Å²) in [6.45, 7) is 7.15. The Labute approximate surface area is 374 Å². The lowest BCUT2D eigenvalue weighted by Crippen LogP contribution is -2.22. The molecule has 9 nitrogen and oxygen atoms in total. The Morgan fingerprint density at radius 1 is 1.02 bits per heavy atom. The van der Waals surface area contributed by atoms with E-state index in [-0.39, 0.29) is 39.2 Å². The maximum atomic E-state index is 14.1. The Kier molecular flexibility index (Phi) is 16.8. The van der Waals surface area contributed by atoms with Crippen molar-refractivity contribution in [3.05, 3.63) is 93.0 Å². The van der Waals surface area contributed by atoms with Crippen LogP contribution in [0.4, 0.5) is 49.7 Å². The van der Waals surface area contributed by atoms with Gasteiger partial charge in [0.2, 0.25) is 0 Å². The molecule has 0 saturated heterocycles. The van der Waals surface area contributed by atoms with Gasteiger partial charge in [-0.2, -0.15) is 45.3 Å². The zero-order valence-electron chi connectivity index (χ0n) is 35.6. The van der Waals surface area contributed by atoms with Crippen LogP contribution in [0.1, 0.15) is 86.9 Å². The van der Waals surface area contributed by atoms with Crippen LogP contribution in [0.5, 0.6) is 0 Å². The van der Waals surface area contributed by atoms with Crippen LogP contribution in [0.2, 0.25) is 5.02 Å². The lowest BCUT2D eigenvalue weighted by Gasteiger charge is -2.21. The molecule has 5 aromatic rings. The van der Waals surface area contributed by atoms with Gasteiger partial charge in [-0.1, -0.05) is 44.4 Å². The van der Waals surface area contributed by atoms with E-state index >= 15 is 0 Å². The minimum absolute atomic E-state index is 0.0415. The zero-order valence-corrected chi connectivity index (χ0v) is 38.0. The van der Waals surface area contributed by atoms with Gasteiger partial charge in [0.05, 0.1) is 39.0 Å². The number of hydrogen-bond acceptors (Lipinski definition) is 7. The molecule has 2 N–H and O–H groups in total. The number of alkyl halides is 8. The monoisotopic (exact) mass is 967 g/mol. The number of thioether (sulfide) groups is 1.